The van der Waals surface area contributed by atoms with E-state index in [1.807, 2.05) is 49.3 Å². The van der Waals surface area contributed by atoms with Crippen molar-refractivity contribution >= 4 is 45.9 Å². The van der Waals surface area contributed by atoms with Crippen molar-refractivity contribution < 1.29 is 18.8 Å². The number of pyridine rings is 1. The number of benzene rings is 2. The monoisotopic (exact) mass is 772 g/mol. The number of carbonyl (C=O) groups is 3. The molecule has 2 aromatic heterocycles. The number of anilines is 3. The zero-order chi connectivity index (χ0) is 39.2. The van der Waals surface area contributed by atoms with Crippen LogP contribution in [-0.2, 0) is 15.0 Å². The minimum absolute atomic E-state index is 0.0259. The first-order valence-electron chi connectivity index (χ1n) is 21.2. The number of hydrogen-bond acceptors (Lipinski definition) is 7. The topological polar surface area (TPSA) is 116 Å². The van der Waals surface area contributed by atoms with Gasteiger partial charge in [0.25, 0.3) is 5.91 Å². The van der Waals surface area contributed by atoms with Gasteiger partial charge < -0.3 is 29.9 Å². The lowest BCUT2D eigenvalue weighted by atomic mass is 9.67. The average molecular weight is 773 g/mol. The van der Waals surface area contributed by atoms with Crippen molar-refractivity contribution in [3.05, 3.63) is 65.5 Å². The molecular formula is C45H53FN8O3. The molecule has 0 atom stereocenters. The number of aryl methyl sites for hydroxylation is 1. The Morgan fingerprint density at radius 2 is 1.67 bits per heavy atom. The zero-order valence-electron chi connectivity index (χ0n) is 33.3. The lowest BCUT2D eigenvalue weighted by molar-refractivity contribution is -0.152. The fourth-order valence-corrected chi connectivity index (χ4v) is 10.7. The third kappa shape index (κ3) is 6.03. The summed E-state index contributed by atoms with van der Waals surface area (Å²) in [7, 11) is 1.64. The Morgan fingerprint density at radius 3 is 2.37 bits per heavy atom. The van der Waals surface area contributed by atoms with Crippen LogP contribution in [-0.4, -0.2) is 93.5 Å². The summed E-state index contributed by atoms with van der Waals surface area (Å²) in [6, 6.07) is 15.2. The van der Waals surface area contributed by atoms with Gasteiger partial charge in [0.05, 0.1) is 28.4 Å². The molecule has 10 rings (SSSR count). The van der Waals surface area contributed by atoms with Crippen molar-refractivity contribution in [2.75, 3.05) is 43.4 Å². The number of halogens is 1. The molecule has 0 unspecified atom stereocenters. The van der Waals surface area contributed by atoms with Crippen molar-refractivity contribution in [2.24, 2.45) is 5.41 Å². The predicted molar refractivity (Wildman–Crippen MR) is 219 cm³/mol. The van der Waals surface area contributed by atoms with Crippen LogP contribution < -0.4 is 15.5 Å². The van der Waals surface area contributed by atoms with Crippen molar-refractivity contribution in [1.29, 1.82) is 0 Å². The molecule has 0 radical (unpaired) electrons. The molecule has 3 aliphatic carbocycles. The molecule has 298 valence electrons. The molecule has 57 heavy (non-hydrogen) atoms. The Morgan fingerprint density at radius 1 is 0.912 bits per heavy atom. The van der Waals surface area contributed by atoms with Crippen LogP contribution in [0.15, 0.2) is 48.8 Å². The van der Waals surface area contributed by atoms with Crippen LogP contribution in [0.3, 0.4) is 0 Å². The van der Waals surface area contributed by atoms with Gasteiger partial charge in [-0.05, 0) is 120 Å². The van der Waals surface area contributed by atoms with Crippen molar-refractivity contribution in [1.82, 2.24) is 29.7 Å². The standard InChI is InChI=1S/C45H53FN8O3/c1-27-7-9-30(20-34(27)41(55)47-3)49-40-39-37(48-26-53(39)31-10-11-31)23-36(50-40)28-8-12-35-38(19-28)54(33-21-32(22-33)51-15-5-4-6-16-51)43(57)45(35)13-17-52(18-14-45)42(56)44(2)24-29(46)25-44/h7-9,12,19-20,23,26,29,31-33H,4-6,10-11,13-18,21-22,24-25H2,1-3H3,(H,47,55)(H,49,50). The van der Waals surface area contributed by atoms with Crippen molar-refractivity contribution in [2.45, 2.75) is 114 Å². The third-order valence-electron chi connectivity index (χ3n) is 14.3. The van der Waals surface area contributed by atoms with Crippen LogP contribution in [0.25, 0.3) is 22.3 Å². The summed E-state index contributed by atoms with van der Waals surface area (Å²) in [6.45, 7) is 7.07. The summed E-state index contributed by atoms with van der Waals surface area (Å²) >= 11 is 0. The van der Waals surface area contributed by atoms with E-state index < -0.39 is 17.0 Å². The smallest absolute Gasteiger partial charge is 0.251 e. The van der Waals surface area contributed by atoms with Crippen LogP contribution in [0.1, 0.15) is 105 Å². The molecule has 3 saturated carbocycles. The molecule has 12 heteroatoms. The molecule has 2 N–H and O–H groups in total. The summed E-state index contributed by atoms with van der Waals surface area (Å²) in [5, 5.41) is 6.31. The summed E-state index contributed by atoms with van der Waals surface area (Å²) in [6.07, 6.45) is 10.6. The third-order valence-corrected chi connectivity index (χ3v) is 14.3. The molecule has 3 amide bonds. The second-order valence-electron chi connectivity index (χ2n) is 18.1. The number of fused-ring (bicyclic) bond motifs is 3. The Kier molecular flexibility index (Phi) is 8.73. The minimum atomic E-state index is -0.905. The van der Waals surface area contributed by atoms with Gasteiger partial charge in [-0.1, -0.05) is 31.5 Å². The number of imidazole rings is 1. The number of alkyl halides is 1. The highest BCUT2D eigenvalue weighted by atomic mass is 19.1. The first-order valence-corrected chi connectivity index (χ1v) is 21.2. The van der Waals surface area contributed by atoms with E-state index in [-0.39, 0.29) is 36.6 Å². The lowest BCUT2D eigenvalue weighted by Crippen LogP contribution is -2.59. The number of amides is 3. The van der Waals surface area contributed by atoms with E-state index in [2.05, 4.69) is 43.2 Å². The van der Waals surface area contributed by atoms with Gasteiger partial charge in [0, 0.05) is 60.8 Å². The molecule has 11 nitrogen and oxygen atoms in total. The lowest BCUT2D eigenvalue weighted by Gasteiger charge is -2.48. The summed E-state index contributed by atoms with van der Waals surface area (Å²) in [5.74, 6) is 0.707. The fourth-order valence-electron chi connectivity index (χ4n) is 10.7. The SMILES string of the molecule is CNC(=O)c1cc(Nc2nc(-c3ccc4c(c3)N(C3CC(N5CCCCC5)C3)C(=O)C43CCN(C(=O)C4(C)CC(F)C4)CC3)cc3ncn(C4CC4)c23)ccc1C. The Balaban J connectivity index is 1.01. The number of likely N-dealkylation sites (tertiary alicyclic amines) is 2. The van der Waals surface area contributed by atoms with E-state index in [4.69, 9.17) is 9.97 Å². The van der Waals surface area contributed by atoms with E-state index in [1.54, 1.807) is 7.05 Å². The van der Waals surface area contributed by atoms with Crippen LogP contribution >= 0.6 is 0 Å². The summed E-state index contributed by atoms with van der Waals surface area (Å²) < 4.78 is 16.1. The molecule has 5 heterocycles. The highest BCUT2D eigenvalue weighted by Crippen LogP contribution is 2.53. The number of nitrogens with one attached hydrogen (secondary N) is 2. The number of aromatic nitrogens is 3. The van der Waals surface area contributed by atoms with Crippen molar-refractivity contribution in [3.8, 4) is 11.3 Å². The van der Waals surface area contributed by atoms with E-state index in [0.29, 0.717) is 49.4 Å². The maximum Gasteiger partial charge on any atom is 0.251 e. The van der Waals surface area contributed by atoms with E-state index in [9.17, 15) is 14.0 Å². The largest absolute Gasteiger partial charge is 0.355 e. The Labute approximate surface area is 333 Å². The molecule has 0 bridgehead atoms. The van der Waals surface area contributed by atoms with E-state index in [1.165, 1.54) is 19.3 Å². The highest BCUT2D eigenvalue weighted by molar-refractivity contribution is 6.09. The second-order valence-corrected chi connectivity index (χ2v) is 18.1. The quantitative estimate of drug-likeness (QED) is 0.195. The first kappa shape index (κ1) is 36.5. The van der Waals surface area contributed by atoms with Gasteiger partial charge >= 0.3 is 0 Å². The van der Waals surface area contributed by atoms with E-state index >= 15 is 4.79 Å². The number of rotatable bonds is 8. The highest BCUT2D eigenvalue weighted by Gasteiger charge is 2.57. The summed E-state index contributed by atoms with van der Waals surface area (Å²) in [4.78, 5) is 58.0. The Bertz CT molecular complexity index is 2270. The van der Waals surface area contributed by atoms with E-state index in [0.717, 1.165) is 83.6 Å². The van der Waals surface area contributed by atoms with Gasteiger partial charge in [-0.25, -0.2) is 14.4 Å². The van der Waals surface area contributed by atoms with Gasteiger partial charge in [0.1, 0.15) is 11.7 Å². The fraction of sp³-hybridized carbons (Fsp3) is 0.533. The minimum Gasteiger partial charge on any atom is -0.355 e. The van der Waals surface area contributed by atoms with Crippen LogP contribution in [0, 0.1) is 12.3 Å². The molecule has 4 aromatic rings. The maximum atomic E-state index is 15.0. The van der Waals surface area contributed by atoms with Gasteiger partial charge in [-0.15, -0.1) is 0 Å². The molecule has 6 aliphatic rings. The average Bonchev–Trinajstić information content (AvgIpc) is 3.91. The normalized spacial score (nSPS) is 26.9. The summed E-state index contributed by atoms with van der Waals surface area (Å²) in [5.41, 5.74) is 6.32. The van der Waals surface area contributed by atoms with Crippen LogP contribution in [0.2, 0.25) is 0 Å². The van der Waals surface area contributed by atoms with Gasteiger partial charge in [-0.3, -0.25) is 14.4 Å². The number of carbonyl (C=O) groups excluding carboxylic acids is 3. The van der Waals surface area contributed by atoms with Gasteiger partial charge in [-0.2, -0.15) is 0 Å². The number of hydrogen-bond donors (Lipinski definition) is 2. The Hall–Kier alpha value is -4.84. The van der Waals surface area contributed by atoms with Gasteiger partial charge in [0.2, 0.25) is 11.8 Å². The molecular weight excluding hydrogens is 720 g/mol. The van der Waals surface area contributed by atoms with Crippen molar-refractivity contribution in [3.63, 3.8) is 0 Å². The zero-order valence-corrected chi connectivity index (χ0v) is 33.3. The van der Waals surface area contributed by atoms with Crippen LogP contribution in [0.5, 0.6) is 0 Å². The predicted octanol–water partition coefficient (Wildman–Crippen LogP) is 7.21. The molecule has 2 saturated heterocycles. The van der Waals surface area contributed by atoms with Gasteiger partial charge in [0.15, 0.2) is 5.82 Å². The molecule has 1 spiro atoms. The molecule has 3 aliphatic heterocycles. The first-order chi connectivity index (χ1) is 27.5. The number of piperidine rings is 2. The second kappa shape index (κ2) is 13.6. The molecule has 2 aromatic carbocycles. The van der Waals surface area contributed by atoms with Crippen LogP contribution in [0.4, 0.5) is 21.6 Å². The maximum absolute atomic E-state index is 15.0. The molecule has 5 fully saturated rings. The number of nitrogens with zero attached hydrogens (tertiary/aromatic N) is 6.